The second-order valence-corrected chi connectivity index (χ2v) is 9.31. The summed E-state index contributed by atoms with van der Waals surface area (Å²) in [4.78, 5) is 20.9. The maximum Gasteiger partial charge on any atom is 0.401 e. The van der Waals surface area contributed by atoms with Gasteiger partial charge in [-0.2, -0.15) is 22.0 Å². The van der Waals surface area contributed by atoms with Crippen LogP contribution in [0.5, 0.6) is 5.88 Å². The largest absolute Gasteiger partial charge is 0.478 e. The highest BCUT2D eigenvalue weighted by Gasteiger charge is 2.66. The molecule has 41 heavy (non-hydrogen) atoms. The van der Waals surface area contributed by atoms with E-state index in [-0.39, 0.29) is 47.5 Å². The van der Waals surface area contributed by atoms with Gasteiger partial charge in [-0.1, -0.05) is 17.3 Å². The van der Waals surface area contributed by atoms with Gasteiger partial charge >= 0.3 is 12.7 Å². The van der Waals surface area contributed by atoms with Gasteiger partial charge in [0.25, 0.3) is 5.88 Å². The number of nitrogens with one attached hydrogen (secondary N) is 2. The molecule has 10 nitrogen and oxygen atoms in total. The van der Waals surface area contributed by atoms with Gasteiger partial charge in [0.15, 0.2) is 11.6 Å². The molecule has 0 saturated heterocycles. The van der Waals surface area contributed by atoms with Gasteiger partial charge in [-0.3, -0.25) is 4.79 Å². The highest BCUT2D eigenvalue weighted by Crippen LogP contribution is 2.59. The number of aromatic nitrogens is 5. The molecule has 0 spiro atoms. The van der Waals surface area contributed by atoms with E-state index < -0.39 is 36.3 Å². The molecular formula is C25H21F6N7O3. The van der Waals surface area contributed by atoms with Crippen LogP contribution in [-0.4, -0.2) is 44.1 Å². The number of hydrogen-bond acceptors (Lipinski definition) is 8. The van der Waals surface area contributed by atoms with Crippen LogP contribution in [0.15, 0.2) is 41.2 Å². The molecule has 1 saturated carbocycles. The number of carbonyl (C=O) groups is 1. The highest BCUT2D eigenvalue weighted by molar-refractivity contribution is 5.91. The molecular weight excluding hydrogens is 560 g/mol. The zero-order chi connectivity index (χ0) is 29.5. The maximum atomic E-state index is 14.9. The zero-order valence-corrected chi connectivity index (χ0v) is 21.4. The Balaban J connectivity index is 1.25. The lowest BCUT2D eigenvalue weighted by atomic mass is 10.0. The summed E-state index contributed by atoms with van der Waals surface area (Å²) in [6.45, 7) is -1.24. The number of halogens is 6. The first-order valence-electron chi connectivity index (χ1n) is 12.0. The van der Waals surface area contributed by atoms with E-state index in [4.69, 9.17) is 9.26 Å². The van der Waals surface area contributed by atoms with Crippen LogP contribution in [0.4, 0.5) is 43.8 Å². The molecule has 16 heteroatoms. The molecule has 1 aliphatic carbocycles. The van der Waals surface area contributed by atoms with E-state index in [0.29, 0.717) is 21.5 Å². The van der Waals surface area contributed by atoms with E-state index in [2.05, 4.69) is 30.9 Å². The van der Waals surface area contributed by atoms with Crippen molar-refractivity contribution >= 4 is 23.4 Å². The molecule has 3 heterocycles. The number of alkyl halides is 5. The third kappa shape index (κ3) is 5.53. The van der Waals surface area contributed by atoms with Crippen molar-refractivity contribution in [2.75, 3.05) is 17.7 Å². The van der Waals surface area contributed by atoms with Gasteiger partial charge < -0.3 is 19.9 Å². The molecule has 4 aromatic rings. The van der Waals surface area contributed by atoms with Gasteiger partial charge in [0.05, 0.1) is 25.4 Å². The van der Waals surface area contributed by atoms with E-state index in [0.717, 1.165) is 12.3 Å². The summed E-state index contributed by atoms with van der Waals surface area (Å²) < 4.78 is 90.8. The van der Waals surface area contributed by atoms with Gasteiger partial charge in [-0.05, 0) is 37.0 Å². The number of rotatable bonds is 9. The summed E-state index contributed by atoms with van der Waals surface area (Å²) in [6.07, 6.45) is -2.71. The van der Waals surface area contributed by atoms with Crippen LogP contribution >= 0.6 is 0 Å². The molecule has 0 unspecified atom stereocenters. The van der Waals surface area contributed by atoms with Crippen molar-refractivity contribution < 1.29 is 40.4 Å². The monoisotopic (exact) mass is 581 g/mol. The number of benzene rings is 1. The number of methoxy groups -OCH3 is 1. The van der Waals surface area contributed by atoms with Gasteiger partial charge in [0.2, 0.25) is 11.9 Å². The molecule has 1 aliphatic rings. The molecule has 1 aromatic carbocycles. The fraction of sp³-hybridized carbons (Fsp3) is 0.320. The number of anilines is 3. The van der Waals surface area contributed by atoms with Gasteiger partial charge in [0.1, 0.15) is 16.9 Å². The molecule has 1 fully saturated rings. The Bertz CT molecular complexity index is 1600. The summed E-state index contributed by atoms with van der Waals surface area (Å²) in [5.74, 6) is -2.01. The van der Waals surface area contributed by atoms with Crippen molar-refractivity contribution in [2.45, 2.75) is 44.3 Å². The van der Waals surface area contributed by atoms with E-state index in [1.165, 1.54) is 25.4 Å². The molecule has 2 N–H and O–H groups in total. The minimum absolute atomic E-state index is 0.0314. The van der Waals surface area contributed by atoms with Gasteiger partial charge in [0, 0.05) is 17.8 Å². The van der Waals surface area contributed by atoms with Crippen LogP contribution in [0.2, 0.25) is 0 Å². The lowest BCUT2D eigenvalue weighted by Gasteiger charge is -2.14. The predicted octanol–water partition coefficient (Wildman–Crippen LogP) is 5.70. The topological polar surface area (TPSA) is 120 Å². The first kappa shape index (κ1) is 27.9. The smallest absolute Gasteiger partial charge is 0.401 e. The predicted molar refractivity (Wildman–Crippen MR) is 131 cm³/mol. The molecule has 0 atom stereocenters. The Kier molecular flexibility index (Phi) is 7.08. The van der Waals surface area contributed by atoms with Crippen LogP contribution in [0.25, 0.3) is 11.1 Å². The minimum atomic E-state index is -4.49. The van der Waals surface area contributed by atoms with E-state index in [1.54, 1.807) is 13.0 Å². The Morgan fingerprint density at radius 3 is 2.61 bits per heavy atom. The molecule has 0 bridgehead atoms. The fourth-order valence-electron chi connectivity index (χ4n) is 4.22. The Morgan fingerprint density at radius 2 is 2.00 bits per heavy atom. The summed E-state index contributed by atoms with van der Waals surface area (Å²) in [5.41, 5.74) is -0.629. The normalized spacial score (nSPS) is 14.3. The number of ether oxygens (including phenoxy) is 1. The van der Waals surface area contributed by atoms with E-state index in [9.17, 15) is 31.1 Å². The van der Waals surface area contributed by atoms with Crippen LogP contribution in [0.1, 0.15) is 36.4 Å². The Hall–Kier alpha value is -4.63. The average Bonchev–Trinajstić information content (AvgIpc) is 3.44. The summed E-state index contributed by atoms with van der Waals surface area (Å²) in [7, 11) is 1.27. The lowest BCUT2D eigenvalue weighted by Crippen LogP contribution is -2.28. The van der Waals surface area contributed by atoms with Gasteiger partial charge in [-0.15, -0.1) is 5.10 Å². The van der Waals surface area contributed by atoms with Crippen molar-refractivity contribution in [1.29, 1.82) is 0 Å². The summed E-state index contributed by atoms with van der Waals surface area (Å²) >= 11 is 0. The maximum absolute atomic E-state index is 14.9. The number of amides is 1. The van der Waals surface area contributed by atoms with Crippen LogP contribution in [0.3, 0.4) is 0 Å². The number of nitrogens with zero attached hydrogens (tertiary/aromatic N) is 5. The van der Waals surface area contributed by atoms with Crippen LogP contribution < -0.4 is 15.4 Å². The third-order valence-corrected chi connectivity index (χ3v) is 6.57. The minimum Gasteiger partial charge on any atom is -0.478 e. The zero-order valence-electron chi connectivity index (χ0n) is 21.4. The van der Waals surface area contributed by atoms with Crippen molar-refractivity contribution in [3.05, 3.63) is 59.5 Å². The Morgan fingerprint density at radius 1 is 1.24 bits per heavy atom. The number of aryl methyl sites for hydroxylation is 1. The molecule has 3 aromatic heterocycles. The summed E-state index contributed by atoms with van der Waals surface area (Å²) in [6, 6.07) is 5.15. The van der Waals surface area contributed by atoms with Crippen molar-refractivity contribution in [3.8, 4) is 17.0 Å². The van der Waals surface area contributed by atoms with E-state index >= 15 is 0 Å². The Labute approximate surface area is 227 Å². The first-order valence-corrected chi connectivity index (χ1v) is 12.0. The second-order valence-electron chi connectivity index (χ2n) is 9.31. The third-order valence-electron chi connectivity index (χ3n) is 6.57. The van der Waals surface area contributed by atoms with Crippen molar-refractivity contribution in [2.24, 2.45) is 0 Å². The molecule has 0 aliphatic heterocycles. The van der Waals surface area contributed by atoms with Crippen LogP contribution in [0, 0.1) is 12.7 Å². The summed E-state index contributed by atoms with van der Waals surface area (Å²) in [5, 5.41) is 12.2. The number of hydrogen-bond donors (Lipinski definition) is 2. The van der Waals surface area contributed by atoms with E-state index in [1.807, 2.05) is 0 Å². The molecule has 5 rings (SSSR count). The quantitative estimate of drug-likeness (QED) is 0.242. The van der Waals surface area contributed by atoms with Crippen LogP contribution in [-0.2, 0) is 16.6 Å². The lowest BCUT2D eigenvalue weighted by molar-refractivity contribution is -0.165. The highest BCUT2D eigenvalue weighted by atomic mass is 19.4. The fourth-order valence-corrected chi connectivity index (χ4v) is 4.22. The first-order chi connectivity index (χ1) is 19.4. The standard InChI is InChI=1S/C25H21F6N7O3/c1-12-15(10-32-23(33-12)34-17-11-38(22(27)28)36-21(17)40-2)13-3-4-14(16(26)7-13)8-20(39)35-19-9-18(41-37-19)24(5-6-24)25(29,30)31/h3-4,7,9-11,22H,5-6,8H2,1-2H3,(H,32,33,34)(H,35,37,39). The number of carbonyl (C=O) groups excluding carboxylic acids is 1. The van der Waals surface area contributed by atoms with Gasteiger partial charge in [-0.25, -0.2) is 19.0 Å². The molecule has 1 amide bonds. The molecule has 0 radical (unpaired) electrons. The SMILES string of the molecule is COc1nn(C(F)F)cc1Nc1ncc(-c2ccc(CC(=O)Nc3cc(C4(C(F)(F)F)CC4)on3)c(F)c2)c(C)n1. The van der Waals surface area contributed by atoms with Crippen molar-refractivity contribution in [1.82, 2.24) is 24.9 Å². The van der Waals surface area contributed by atoms with Crippen molar-refractivity contribution in [3.63, 3.8) is 0 Å². The average molecular weight is 581 g/mol. The second kappa shape index (κ2) is 10.4. The molecule has 216 valence electrons.